The molecule has 0 atom stereocenters. The lowest BCUT2D eigenvalue weighted by molar-refractivity contribution is 0.364. The van der Waals surface area contributed by atoms with E-state index in [4.69, 9.17) is 4.52 Å². The minimum absolute atomic E-state index is 0.634. The largest absolute Gasteiger partial charge is 0.359 e. The van der Waals surface area contributed by atoms with Crippen LogP contribution in [0.5, 0.6) is 0 Å². The first kappa shape index (κ1) is 11.9. The standard InChI is InChI=1S/C12H18N4O/c1-3-5-13-8-11-7-12(17-15-11)9-16-6-4-10(2)14-16/h4,6-7,13H,3,5,8-9H2,1-2H3. The fourth-order valence-corrected chi connectivity index (χ4v) is 1.62. The van der Waals surface area contributed by atoms with Crippen LogP contribution in [0.15, 0.2) is 22.9 Å². The lowest BCUT2D eigenvalue weighted by atomic mass is 10.3. The Morgan fingerprint density at radius 3 is 3.06 bits per heavy atom. The highest BCUT2D eigenvalue weighted by Gasteiger charge is 2.05. The van der Waals surface area contributed by atoms with Gasteiger partial charge >= 0.3 is 0 Å². The summed E-state index contributed by atoms with van der Waals surface area (Å²) in [7, 11) is 0. The lowest BCUT2D eigenvalue weighted by Crippen LogP contribution is -2.13. The molecule has 92 valence electrons. The molecule has 0 amide bonds. The number of hydrogen-bond acceptors (Lipinski definition) is 4. The average Bonchev–Trinajstić information content (AvgIpc) is 2.90. The van der Waals surface area contributed by atoms with Gasteiger partial charge in [-0.25, -0.2) is 0 Å². The summed E-state index contributed by atoms with van der Waals surface area (Å²) >= 11 is 0. The molecule has 5 nitrogen and oxygen atoms in total. The molecule has 0 aliphatic heterocycles. The molecular weight excluding hydrogens is 216 g/mol. The van der Waals surface area contributed by atoms with E-state index in [1.165, 1.54) is 0 Å². The zero-order valence-corrected chi connectivity index (χ0v) is 10.3. The third-order valence-electron chi connectivity index (χ3n) is 2.43. The number of nitrogens with zero attached hydrogens (tertiary/aromatic N) is 3. The van der Waals surface area contributed by atoms with Crippen molar-refractivity contribution >= 4 is 0 Å². The van der Waals surface area contributed by atoms with Crippen LogP contribution in [-0.2, 0) is 13.1 Å². The first-order valence-corrected chi connectivity index (χ1v) is 5.93. The van der Waals surface area contributed by atoms with Crippen molar-refractivity contribution in [3.05, 3.63) is 35.5 Å². The third kappa shape index (κ3) is 3.42. The van der Waals surface area contributed by atoms with Crippen LogP contribution < -0.4 is 5.32 Å². The molecule has 0 aliphatic carbocycles. The smallest absolute Gasteiger partial charge is 0.158 e. The monoisotopic (exact) mass is 234 g/mol. The van der Waals surface area contributed by atoms with E-state index in [1.54, 1.807) is 0 Å². The van der Waals surface area contributed by atoms with E-state index < -0.39 is 0 Å². The Balaban J connectivity index is 1.89. The van der Waals surface area contributed by atoms with Crippen molar-refractivity contribution in [2.75, 3.05) is 6.54 Å². The van der Waals surface area contributed by atoms with Crippen molar-refractivity contribution < 1.29 is 4.52 Å². The molecule has 0 unspecified atom stereocenters. The second-order valence-corrected chi connectivity index (χ2v) is 4.12. The Morgan fingerprint density at radius 2 is 2.35 bits per heavy atom. The van der Waals surface area contributed by atoms with Crippen LogP contribution in [0, 0.1) is 6.92 Å². The second-order valence-electron chi connectivity index (χ2n) is 4.12. The second kappa shape index (κ2) is 5.63. The summed E-state index contributed by atoms with van der Waals surface area (Å²) in [6, 6.07) is 3.94. The molecule has 2 aromatic rings. The van der Waals surface area contributed by atoms with Crippen molar-refractivity contribution in [1.82, 2.24) is 20.3 Å². The Hall–Kier alpha value is -1.62. The quantitative estimate of drug-likeness (QED) is 0.773. The third-order valence-corrected chi connectivity index (χ3v) is 2.43. The van der Waals surface area contributed by atoms with Crippen LogP contribution in [0.25, 0.3) is 0 Å². The highest BCUT2D eigenvalue weighted by Crippen LogP contribution is 2.06. The van der Waals surface area contributed by atoms with Gasteiger partial charge in [-0.1, -0.05) is 12.1 Å². The molecule has 2 rings (SSSR count). The Labute approximate surface area is 101 Å². The van der Waals surface area contributed by atoms with Crippen molar-refractivity contribution in [3.63, 3.8) is 0 Å². The van der Waals surface area contributed by atoms with Crippen LogP contribution >= 0.6 is 0 Å². The summed E-state index contributed by atoms with van der Waals surface area (Å²) < 4.78 is 7.10. The molecule has 0 bridgehead atoms. The summed E-state index contributed by atoms with van der Waals surface area (Å²) in [5.41, 5.74) is 1.95. The number of aromatic nitrogens is 3. The molecule has 0 spiro atoms. The number of nitrogens with one attached hydrogen (secondary N) is 1. The summed E-state index contributed by atoms with van der Waals surface area (Å²) in [5.74, 6) is 0.835. The van der Waals surface area contributed by atoms with Crippen molar-refractivity contribution in [3.8, 4) is 0 Å². The molecular formula is C12H18N4O. The highest BCUT2D eigenvalue weighted by atomic mass is 16.5. The molecule has 2 aromatic heterocycles. The first-order chi connectivity index (χ1) is 8.28. The molecule has 17 heavy (non-hydrogen) atoms. The molecule has 0 aromatic carbocycles. The van der Waals surface area contributed by atoms with Gasteiger partial charge in [-0.15, -0.1) is 0 Å². The van der Waals surface area contributed by atoms with E-state index in [1.807, 2.05) is 29.9 Å². The van der Waals surface area contributed by atoms with Crippen molar-refractivity contribution in [2.45, 2.75) is 33.4 Å². The molecule has 0 saturated heterocycles. The van der Waals surface area contributed by atoms with Gasteiger partial charge in [-0.2, -0.15) is 5.10 Å². The van der Waals surface area contributed by atoms with Gasteiger partial charge in [0.25, 0.3) is 0 Å². The van der Waals surface area contributed by atoms with Gasteiger partial charge in [0.2, 0.25) is 0 Å². The minimum Gasteiger partial charge on any atom is -0.359 e. The van der Waals surface area contributed by atoms with Gasteiger partial charge in [0.05, 0.1) is 11.4 Å². The van der Waals surface area contributed by atoms with Crippen LogP contribution in [0.2, 0.25) is 0 Å². The van der Waals surface area contributed by atoms with Crippen LogP contribution in [0.4, 0.5) is 0 Å². The Morgan fingerprint density at radius 1 is 1.47 bits per heavy atom. The highest BCUT2D eigenvalue weighted by molar-refractivity contribution is 5.06. The van der Waals surface area contributed by atoms with Crippen molar-refractivity contribution in [1.29, 1.82) is 0 Å². The topological polar surface area (TPSA) is 55.9 Å². The Bertz CT molecular complexity index is 461. The van der Waals surface area contributed by atoms with Crippen molar-refractivity contribution in [2.24, 2.45) is 0 Å². The van der Waals surface area contributed by atoms with E-state index in [2.05, 4.69) is 22.5 Å². The lowest BCUT2D eigenvalue weighted by Gasteiger charge is -1.96. The fraction of sp³-hybridized carbons (Fsp3) is 0.500. The molecule has 0 fully saturated rings. The maximum atomic E-state index is 5.26. The van der Waals surface area contributed by atoms with Gasteiger partial charge in [0, 0.05) is 18.8 Å². The maximum absolute atomic E-state index is 5.26. The zero-order valence-electron chi connectivity index (χ0n) is 10.3. The van der Waals surface area contributed by atoms with Gasteiger partial charge in [0.1, 0.15) is 6.54 Å². The SMILES string of the molecule is CCCNCc1cc(Cn2ccc(C)n2)on1. The van der Waals surface area contributed by atoms with Crippen LogP contribution in [0.1, 0.15) is 30.5 Å². The van der Waals surface area contributed by atoms with Gasteiger partial charge in [0.15, 0.2) is 5.76 Å². The number of hydrogen-bond donors (Lipinski definition) is 1. The predicted molar refractivity (Wildman–Crippen MR) is 64.6 cm³/mol. The summed E-state index contributed by atoms with van der Waals surface area (Å²) in [6.07, 6.45) is 3.06. The summed E-state index contributed by atoms with van der Waals surface area (Å²) in [5, 5.41) is 11.6. The Kier molecular flexibility index (Phi) is 3.93. The number of rotatable bonds is 6. The summed E-state index contributed by atoms with van der Waals surface area (Å²) in [6.45, 7) is 6.50. The van der Waals surface area contributed by atoms with E-state index in [9.17, 15) is 0 Å². The van der Waals surface area contributed by atoms with Gasteiger partial charge in [-0.3, -0.25) is 4.68 Å². The van der Waals surface area contributed by atoms with Gasteiger partial charge < -0.3 is 9.84 Å². The van der Waals surface area contributed by atoms with E-state index >= 15 is 0 Å². The van der Waals surface area contributed by atoms with Crippen LogP contribution in [0.3, 0.4) is 0 Å². The van der Waals surface area contributed by atoms with E-state index in [-0.39, 0.29) is 0 Å². The first-order valence-electron chi connectivity index (χ1n) is 5.93. The predicted octanol–water partition coefficient (Wildman–Crippen LogP) is 1.73. The zero-order chi connectivity index (χ0) is 12.1. The molecule has 0 saturated carbocycles. The average molecular weight is 234 g/mol. The fourth-order valence-electron chi connectivity index (χ4n) is 1.62. The van der Waals surface area contributed by atoms with Gasteiger partial charge in [-0.05, 0) is 26.0 Å². The molecule has 1 N–H and O–H groups in total. The molecule has 5 heteroatoms. The summed E-state index contributed by atoms with van der Waals surface area (Å²) in [4.78, 5) is 0. The minimum atomic E-state index is 0.634. The number of aryl methyl sites for hydroxylation is 1. The van der Waals surface area contributed by atoms with Crippen LogP contribution in [-0.4, -0.2) is 21.5 Å². The molecule has 2 heterocycles. The maximum Gasteiger partial charge on any atom is 0.158 e. The van der Waals surface area contributed by atoms with E-state index in [0.29, 0.717) is 6.54 Å². The molecule has 0 aliphatic rings. The molecule has 0 radical (unpaired) electrons. The normalized spacial score (nSPS) is 10.9. The van der Waals surface area contributed by atoms with E-state index in [0.717, 1.165) is 36.7 Å².